The molecule has 0 aliphatic rings. The van der Waals surface area contributed by atoms with Gasteiger partial charge in [-0.05, 0) is 29.8 Å². The van der Waals surface area contributed by atoms with E-state index in [0.717, 1.165) is 11.3 Å². The maximum Gasteiger partial charge on any atom is 0.254 e. The molecule has 1 aromatic carbocycles. The number of nitrogen functional groups attached to an aromatic ring is 1. The Morgan fingerprint density at radius 3 is 2.85 bits per heavy atom. The maximum atomic E-state index is 12.3. The molecule has 0 bridgehead atoms. The standard InChI is InChI=1S/C15H17N3O2/c1-18(10-11-4-3-5-13(8-11)20-2)15(19)12-6-7-17-14(16)9-12/h3-9H,10H2,1-2H3,(H2,16,17). The second kappa shape index (κ2) is 6.06. The fourth-order valence-corrected chi connectivity index (χ4v) is 1.92. The van der Waals surface area contributed by atoms with E-state index in [-0.39, 0.29) is 5.91 Å². The number of rotatable bonds is 4. The first kappa shape index (κ1) is 13.9. The van der Waals surface area contributed by atoms with Crippen molar-refractivity contribution in [2.24, 2.45) is 0 Å². The molecule has 1 aromatic heterocycles. The zero-order valence-corrected chi connectivity index (χ0v) is 11.5. The number of amides is 1. The largest absolute Gasteiger partial charge is 0.497 e. The Morgan fingerprint density at radius 1 is 1.35 bits per heavy atom. The van der Waals surface area contributed by atoms with Crippen molar-refractivity contribution in [3.8, 4) is 5.75 Å². The number of pyridine rings is 1. The molecule has 5 heteroatoms. The van der Waals surface area contributed by atoms with Gasteiger partial charge in [-0.25, -0.2) is 4.98 Å². The Morgan fingerprint density at radius 2 is 2.15 bits per heavy atom. The van der Waals surface area contributed by atoms with Crippen molar-refractivity contribution in [1.29, 1.82) is 0 Å². The van der Waals surface area contributed by atoms with E-state index in [4.69, 9.17) is 10.5 Å². The van der Waals surface area contributed by atoms with E-state index in [0.29, 0.717) is 17.9 Å². The number of nitrogens with two attached hydrogens (primary N) is 1. The molecule has 0 saturated carbocycles. The van der Waals surface area contributed by atoms with Crippen molar-refractivity contribution in [3.63, 3.8) is 0 Å². The predicted octanol–water partition coefficient (Wildman–Crippen LogP) is 1.94. The first-order chi connectivity index (χ1) is 9.60. The fraction of sp³-hybridized carbons (Fsp3) is 0.200. The molecule has 2 aromatic rings. The molecule has 0 aliphatic carbocycles. The number of ether oxygens (including phenoxy) is 1. The second-order valence-electron chi connectivity index (χ2n) is 4.48. The van der Waals surface area contributed by atoms with Gasteiger partial charge in [-0.2, -0.15) is 0 Å². The van der Waals surface area contributed by atoms with Crippen molar-refractivity contribution >= 4 is 11.7 Å². The zero-order valence-electron chi connectivity index (χ0n) is 11.5. The van der Waals surface area contributed by atoms with Crippen LogP contribution in [0.1, 0.15) is 15.9 Å². The average Bonchev–Trinajstić information content (AvgIpc) is 2.46. The summed E-state index contributed by atoms with van der Waals surface area (Å²) >= 11 is 0. The number of hydrogen-bond acceptors (Lipinski definition) is 4. The third-order valence-corrected chi connectivity index (χ3v) is 2.93. The number of nitrogens with zero attached hydrogens (tertiary/aromatic N) is 2. The number of carbonyl (C=O) groups excluding carboxylic acids is 1. The zero-order chi connectivity index (χ0) is 14.5. The van der Waals surface area contributed by atoms with Crippen LogP contribution in [0.25, 0.3) is 0 Å². The minimum atomic E-state index is -0.0954. The van der Waals surface area contributed by atoms with Crippen LogP contribution in [0.4, 0.5) is 5.82 Å². The number of aromatic nitrogens is 1. The Kier molecular flexibility index (Phi) is 4.20. The molecule has 0 spiro atoms. The predicted molar refractivity (Wildman–Crippen MR) is 77.4 cm³/mol. The van der Waals surface area contributed by atoms with Gasteiger partial charge in [0.1, 0.15) is 11.6 Å². The minimum absolute atomic E-state index is 0.0954. The van der Waals surface area contributed by atoms with E-state index in [1.165, 1.54) is 6.20 Å². The van der Waals surface area contributed by atoms with Crippen LogP contribution in [-0.2, 0) is 6.54 Å². The van der Waals surface area contributed by atoms with Crippen LogP contribution < -0.4 is 10.5 Å². The molecule has 0 radical (unpaired) electrons. The van der Waals surface area contributed by atoms with Gasteiger partial charge in [0.2, 0.25) is 0 Å². The molecule has 0 saturated heterocycles. The molecule has 0 fully saturated rings. The van der Waals surface area contributed by atoms with Crippen LogP contribution in [0.3, 0.4) is 0 Å². The third kappa shape index (κ3) is 3.26. The molecule has 5 nitrogen and oxygen atoms in total. The molecule has 1 amide bonds. The summed E-state index contributed by atoms with van der Waals surface area (Å²) in [6, 6.07) is 10.9. The van der Waals surface area contributed by atoms with Gasteiger partial charge in [-0.15, -0.1) is 0 Å². The highest BCUT2D eigenvalue weighted by Gasteiger charge is 2.12. The van der Waals surface area contributed by atoms with E-state index < -0.39 is 0 Å². The summed E-state index contributed by atoms with van der Waals surface area (Å²) in [4.78, 5) is 17.8. The van der Waals surface area contributed by atoms with Crippen LogP contribution >= 0.6 is 0 Å². The van der Waals surface area contributed by atoms with E-state index in [9.17, 15) is 4.79 Å². The van der Waals surface area contributed by atoms with Crippen molar-refractivity contribution in [1.82, 2.24) is 9.88 Å². The lowest BCUT2D eigenvalue weighted by molar-refractivity contribution is 0.0785. The van der Waals surface area contributed by atoms with Crippen molar-refractivity contribution in [2.75, 3.05) is 19.9 Å². The summed E-state index contributed by atoms with van der Waals surface area (Å²) in [6.45, 7) is 0.498. The molecule has 1 heterocycles. The highest BCUT2D eigenvalue weighted by Crippen LogP contribution is 2.15. The summed E-state index contributed by atoms with van der Waals surface area (Å²) < 4.78 is 5.17. The topological polar surface area (TPSA) is 68.5 Å². The second-order valence-corrected chi connectivity index (χ2v) is 4.48. The van der Waals surface area contributed by atoms with E-state index >= 15 is 0 Å². The Bertz CT molecular complexity index is 614. The maximum absolute atomic E-state index is 12.3. The quantitative estimate of drug-likeness (QED) is 0.922. The van der Waals surface area contributed by atoms with Gasteiger partial charge in [0.05, 0.1) is 7.11 Å². The summed E-state index contributed by atoms with van der Waals surface area (Å²) in [5.74, 6) is 1.02. The normalized spacial score (nSPS) is 10.1. The molecule has 2 rings (SSSR count). The molecule has 0 aliphatic heterocycles. The van der Waals surface area contributed by atoms with Gasteiger partial charge in [-0.3, -0.25) is 4.79 Å². The highest BCUT2D eigenvalue weighted by atomic mass is 16.5. The minimum Gasteiger partial charge on any atom is -0.497 e. The smallest absolute Gasteiger partial charge is 0.254 e. The van der Waals surface area contributed by atoms with E-state index in [2.05, 4.69) is 4.98 Å². The fourth-order valence-electron chi connectivity index (χ4n) is 1.92. The summed E-state index contributed by atoms with van der Waals surface area (Å²) in [5.41, 5.74) is 7.12. The SMILES string of the molecule is COc1cccc(CN(C)C(=O)c2ccnc(N)c2)c1. The van der Waals surface area contributed by atoms with Gasteiger partial charge in [-0.1, -0.05) is 12.1 Å². The number of benzene rings is 1. The van der Waals surface area contributed by atoms with Crippen LogP contribution in [-0.4, -0.2) is 29.9 Å². The third-order valence-electron chi connectivity index (χ3n) is 2.93. The van der Waals surface area contributed by atoms with Gasteiger partial charge in [0.15, 0.2) is 0 Å². The summed E-state index contributed by atoms with van der Waals surface area (Å²) in [5, 5.41) is 0. The Hall–Kier alpha value is -2.56. The number of anilines is 1. The van der Waals surface area contributed by atoms with Gasteiger partial charge < -0.3 is 15.4 Å². The average molecular weight is 271 g/mol. The molecule has 0 atom stereocenters. The Labute approximate surface area is 118 Å². The van der Waals surface area contributed by atoms with E-state index in [1.807, 2.05) is 24.3 Å². The molecule has 0 unspecified atom stereocenters. The molecule has 20 heavy (non-hydrogen) atoms. The van der Waals surface area contributed by atoms with Crippen molar-refractivity contribution in [3.05, 3.63) is 53.7 Å². The number of hydrogen-bond donors (Lipinski definition) is 1. The molecular formula is C15H17N3O2. The van der Waals surface area contributed by atoms with Crippen molar-refractivity contribution in [2.45, 2.75) is 6.54 Å². The molecule has 104 valence electrons. The summed E-state index contributed by atoms with van der Waals surface area (Å²) in [6.07, 6.45) is 1.53. The first-order valence-electron chi connectivity index (χ1n) is 6.20. The first-order valence-corrected chi connectivity index (χ1v) is 6.20. The van der Waals surface area contributed by atoms with Crippen LogP contribution in [0, 0.1) is 0 Å². The lowest BCUT2D eigenvalue weighted by Crippen LogP contribution is -2.26. The molecular weight excluding hydrogens is 254 g/mol. The van der Waals surface area contributed by atoms with Crippen LogP contribution in [0.5, 0.6) is 5.75 Å². The van der Waals surface area contributed by atoms with Crippen molar-refractivity contribution < 1.29 is 9.53 Å². The van der Waals surface area contributed by atoms with E-state index in [1.54, 1.807) is 31.2 Å². The van der Waals surface area contributed by atoms with Gasteiger partial charge in [0, 0.05) is 25.4 Å². The van der Waals surface area contributed by atoms with Gasteiger partial charge in [0.25, 0.3) is 5.91 Å². The number of methoxy groups -OCH3 is 1. The van der Waals surface area contributed by atoms with Crippen LogP contribution in [0.2, 0.25) is 0 Å². The lowest BCUT2D eigenvalue weighted by atomic mass is 10.2. The lowest BCUT2D eigenvalue weighted by Gasteiger charge is -2.17. The Balaban J connectivity index is 2.11. The monoisotopic (exact) mass is 271 g/mol. The molecule has 2 N–H and O–H groups in total. The van der Waals surface area contributed by atoms with Crippen LogP contribution in [0.15, 0.2) is 42.6 Å². The highest BCUT2D eigenvalue weighted by molar-refractivity contribution is 5.94. The number of carbonyl (C=O) groups is 1. The van der Waals surface area contributed by atoms with Gasteiger partial charge >= 0.3 is 0 Å². The summed E-state index contributed by atoms with van der Waals surface area (Å²) in [7, 11) is 3.37.